The molecule has 2 heterocycles. The molecule has 1 aliphatic carbocycles. The number of amides is 1. The largest absolute Gasteiger partial charge is 0.349 e. The van der Waals surface area contributed by atoms with E-state index in [-0.39, 0.29) is 11.9 Å². The summed E-state index contributed by atoms with van der Waals surface area (Å²) in [6.07, 6.45) is 3.61. The molecule has 1 saturated heterocycles. The van der Waals surface area contributed by atoms with E-state index in [9.17, 15) is 4.79 Å². The van der Waals surface area contributed by atoms with Crippen molar-refractivity contribution in [3.8, 4) is 0 Å². The maximum atomic E-state index is 12.6. The van der Waals surface area contributed by atoms with E-state index in [4.69, 9.17) is 11.6 Å². The lowest BCUT2D eigenvalue weighted by Gasteiger charge is -2.32. The molecular formula is C26H30ClN7O. The Kier molecular flexibility index (Phi) is 7.13. The zero-order valence-electron chi connectivity index (χ0n) is 19.8. The molecule has 2 fully saturated rings. The summed E-state index contributed by atoms with van der Waals surface area (Å²) in [7, 11) is 2.17. The molecule has 0 bridgehead atoms. The average Bonchev–Trinajstić information content (AvgIpc) is 3.68. The van der Waals surface area contributed by atoms with Gasteiger partial charge in [0, 0.05) is 44.5 Å². The van der Waals surface area contributed by atoms with E-state index in [1.54, 1.807) is 12.3 Å². The lowest BCUT2D eigenvalue weighted by atomic mass is 10.1. The van der Waals surface area contributed by atoms with E-state index in [0.717, 1.165) is 51.3 Å². The average molecular weight is 492 g/mol. The first-order valence-corrected chi connectivity index (χ1v) is 12.4. The number of piperazine rings is 1. The Morgan fingerprint density at radius 3 is 2.51 bits per heavy atom. The molecule has 5 rings (SSSR count). The fourth-order valence-corrected chi connectivity index (χ4v) is 4.15. The van der Waals surface area contributed by atoms with Crippen LogP contribution in [0, 0.1) is 0 Å². The highest BCUT2D eigenvalue weighted by atomic mass is 35.5. The van der Waals surface area contributed by atoms with Crippen molar-refractivity contribution >= 4 is 40.6 Å². The van der Waals surface area contributed by atoms with Crippen LogP contribution >= 0.6 is 11.6 Å². The molecular weight excluding hydrogens is 462 g/mol. The number of anilines is 4. The minimum atomic E-state index is -0.101. The van der Waals surface area contributed by atoms with E-state index in [0.29, 0.717) is 28.0 Å². The number of hydrogen-bond acceptors (Lipinski definition) is 7. The Balaban J connectivity index is 1.25. The van der Waals surface area contributed by atoms with Crippen molar-refractivity contribution in [3.63, 3.8) is 0 Å². The maximum absolute atomic E-state index is 12.6. The van der Waals surface area contributed by atoms with Crippen molar-refractivity contribution in [1.29, 1.82) is 0 Å². The molecule has 0 unspecified atom stereocenters. The van der Waals surface area contributed by atoms with Crippen LogP contribution in [0.25, 0.3) is 0 Å². The number of benzene rings is 2. The van der Waals surface area contributed by atoms with Crippen LogP contribution in [-0.2, 0) is 6.54 Å². The van der Waals surface area contributed by atoms with Crippen molar-refractivity contribution in [2.24, 2.45) is 0 Å². The Morgan fingerprint density at radius 1 is 1.03 bits per heavy atom. The minimum Gasteiger partial charge on any atom is -0.349 e. The Labute approximate surface area is 210 Å². The van der Waals surface area contributed by atoms with Crippen LogP contribution in [0.1, 0.15) is 28.8 Å². The standard InChI is InChI=1S/C26H30ClN7O/c1-33-12-14-34(15-13-33)17-18-6-8-20(9-7-18)30-26-28-16-22(27)24(32-26)31-23-5-3-2-4-21(23)25(35)29-19-10-11-19/h2-9,16,19H,10-15,17H2,1H3,(H,29,35)(H2,28,30,31,32). The number of hydrogen-bond donors (Lipinski definition) is 3. The van der Waals surface area contributed by atoms with E-state index >= 15 is 0 Å². The zero-order chi connectivity index (χ0) is 24.2. The highest BCUT2D eigenvalue weighted by Crippen LogP contribution is 2.28. The third kappa shape index (κ3) is 6.28. The molecule has 0 radical (unpaired) electrons. The van der Waals surface area contributed by atoms with E-state index in [1.807, 2.05) is 30.3 Å². The van der Waals surface area contributed by atoms with Crippen molar-refractivity contribution in [1.82, 2.24) is 25.1 Å². The normalized spacial score (nSPS) is 16.6. The first kappa shape index (κ1) is 23.5. The number of carbonyl (C=O) groups is 1. The third-order valence-electron chi connectivity index (χ3n) is 6.29. The summed E-state index contributed by atoms with van der Waals surface area (Å²) in [6.45, 7) is 5.36. The number of aromatic nitrogens is 2. The Morgan fingerprint density at radius 2 is 1.77 bits per heavy atom. The van der Waals surface area contributed by atoms with Gasteiger partial charge in [0.05, 0.1) is 17.4 Å². The van der Waals surface area contributed by atoms with Gasteiger partial charge in [-0.1, -0.05) is 35.9 Å². The summed E-state index contributed by atoms with van der Waals surface area (Å²) in [4.78, 5) is 26.3. The predicted octanol–water partition coefficient (Wildman–Crippen LogP) is 4.26. The third-order valence-corrected chi connectivity index (χ3v) is 6.57. The van der Waals surface area contributed by atoms with Gasteiger partial charge in [0.2, 0.25) is 5.95 Å². The van der Waals surface area contributed by atoms with Gasteiger partial charge < -0.3 is 20.9 Å². The van der Waals surface area contributed by atoms with E-state index in [1.165, 1.54) is 5.56 Å². The number of nitrogens with one attached hydrogen (secondary N) is 3. The molecule has 0 atom stereocenters. The van der Waals surface area contributed by atoms with Gasteiger partial charge >= 0.3 is 0 Å². The number of carbonyl (C=O) groups excluding carboxylic acids is 1. The molecule has 1 aliphatic heterocycles. The molecule has 1 amide bonds. The summed E-state index contributed by atoms with van der Waals surface area (Å²) in [5.74, 6) is 0.752. The van der Waals surface area contributed by atoms with Gasteiger partial charge in [0.25, 0.3) is 5.91 Å². The molecule has 2 aromatic carbocycles. The van der Waals surface area contributed by atoms with Gasteiger partial charge in [0.1, 0.15) is 5.02 Å². The van der Waals surface area contributed by atoms with E-state index in [2.05, 4.69) is 54.9 Å². The van der Waals surface area contributed by atoms with Crippen LogP contribution in [0.5, 0.6) is 0 Å². The molecule has 35 heavy (non-hydrogen) atoms. The summed E-state index contributed by atoms with van der Waals surface area (Å²) in [5, 5.41) is 9.85. The van der Waals surface area contributed by atoms with Crippen LogP contribution in [0.15, 0.2) is 54.7 Å². The minimum absolute atomic E-state index is 0.101. The second kappa shape index (κ2) is 10.6. The lowest BCUT2D eigenvalue weighted by molar-refractivity contribution is 0.0952. The van der Waals surface area contributed by atoms with Crippen molar-refractivity contribution in [3.05, 3.63) is 70.9 Å². The first-order valence-electron chi connectivity index (χ1n) is 12.0. The molecule has 9 heteroatoms. The Bertz CT molecular complexity index is 1170. The van der Waals surface area contributed by atoms with E-state index < -0.39 is 0 Å². The molecule has 3 N–H and O–H groups in total. The summed E-state index contributed by atoms with van der Waals surface area (Å²) in [5.41, 5.74) is 3.37. The van der Waals surface area contributed by atoms with Gasteiger partial charge in [-0.2, -0.15) is 4.98 Å². The second-order valence-electron chi connectivity index (χ2n) is 9.21. The van der Waals surface area contributed by atoms with Gasteiger partial charge in [-0.25, -0.2) is 4.98 Å². The van der Waals surface area contributed by atoms with Crippen molar-refractivity contribution in [2.75, 3.05) is 43.9 Å². The number of rotatable bonds is 8. The van der Waals surface area contributed by atoms with Crippen LogP contribution < -0.4 is 16.0 Å². The quantitative estimate of drug-likeness (QED) is 0.434. The topological polar surface area (TPSA) is 85.4 Å². The SMILES string of the molecule is CN1CCN(Cc2ccc(Nc3ncc(Cl)c(Nc4ccccc4C(=O)NC4CC4)n3)cc2)CC1. The number of para-hydroxylation sites is 1. The van der Waals surface area contributed by atoms with Crippen LogP contribution in [0.3, 0.4) is 0 Å². The van der Waals surface area contributed by atoms with Crippen LogP contribution in [0.4, 0.5) is 23.1 Å². The Hall–Kier alpha value is -3.20. The van der Waals surface area contributed by atoms with Gasteiger partial charge in [0.15, 0.2) is 5.82 Å². The van der Waals surface area contributed by atoms with Gasteiger partial charge in [-0.15, -0.1) is 0 Å². The smallest absolute Gasteiger partial charge is 0.253 e. The molecule has 3 aromatic rings. The molecule has 182 valence electrons. The number of likely N-dealkylation sites (N-methyl/N-ethyl adjacent to an activating group) is 1. The second-order valence-corrected chi connectivity index (χ2v) is 9.62. The number of halogens is 1. The van der Waals surface area contributed by atoms with Crippen molar-refractivity contribution < 1.29 is 4.79 Å². The van der Waals surface area contributed by atoms with Gasteiger partial charge in [-0.05, 0) is 49.7 Å². The summed E-state index contributed by atoms with van der Waals surface area (Å²) in [6, 6.07) is 16.0. The molecule has 8 nitrogen and oxygen atoms in total. The maximum Gasteiger partial charge on any atom is 0.253 e. The number of nitrogens with zero attached hydrogens (tertiary/aromatic N) is 4. The monoisotopic (exact) mass is 491 g/mol. The predicted molar refractivity (Wildman–Crippen MR) is 140 cm³/mol. The molecule has 2 aliphatic rings. The first-order chi connectivity index (χ1) is 17.0. The molecule has 0 spiro atoms. The fraction of sp³-hybridized carbons (Fsp3) is 0.346. The van der Waals surface area contributed by atoms with Crippen molar-refractivity contribution in [2.45, 2.75) is 25.4 Å². The highest BCUT2D eigenvalue weighted by Gasteiger charge is 2.25. The zero-order valence-corrected chi connectivity index (χ0v) is 20.6. The van der Waals surface area contributed by atoms with Crippen LogP contribution in [-0.4, -0.2) is 64.9 Å². The summed E-state index contributed by atoms with van der Waals surface area (Å²) >= 11 is 6.37. The van der Waals surface area contributed by atoms with Gasteiger partial charge in [-0.3, -0.25) is 9.69 Å². The summed E-state index contributed by atoms with van der Waals surface area (Å²) < 4.78 is 0. The lowest BCUT2D eigenvalue weighted by Crippen LogP contribution is -2.43. The molecule has 1 saturated carbocycles. The fourth-order valence-electron chi connectivity index (χ4n) is 4.01. The molecule has 1 aromatic heterocycles. The van der Waals surface area contributed by atoms with Crippen LogP contribution in [0.2, 0.25) is 5.02 Å². The highest BCUT2D eigenvalue weighted by molar-refractivity contribution is 6.33.